The summed E-state index contributed by atoms with van der Waals surface area (Å²) in [6.07, 6.45) is 0. The van der Waals surface area contributed by atoms with Gasteiger partial charge >= 0.3 is 0 Å². The summed E-state index contributed by atoms with van der Waals surface area (Å²) in [4.78, 5) is 14.9. The highest BCUT2D eigenvalue weighted by Gasteiger charge is 2.34. The summed E-state index contributed by atoms with van der Waals surface area (Å²) < 4.78 is 16.3. The van der Waals surface area contributed by atoms with Crippen molar-refractivity contribution < 1.29 is 19.0 Å². The number of benzene rings is 2. The van der Waals surface area contributed by atoms with Crippen molar-refractivity contribution in [3.8, 4) is 17.2 Å². The van der Waals surface area contributed by atoms with Crippen molar-refractivity contribution in [1.82, 2.24) is 4.90 Å². The van der Waals surface area contributed by atoms with Gasteiger partial charge in [-0.1, -0.05) is 23.7 Å². The zero-order valence-corrected chi connectivity index (χ0v) is 16.4. The van der Waals surface area contributed by atoms with Crippen molar-refractivity contribution in [3.05, 3.63) is 52.5 Å². The molecule has 1 fully saturated rings. The first-order valence-corrected chi connectivity index (χ1v) is 9.50. The molecule has 26 heavy (non-hydrogen) atoms. The number of amides is 1. The lowest BCUT2D eigenvalue weighted by atomic mass is 10.1. The van der Waals surface area contributed by atoms with Crippen LogP contribution in [0, 0.1) is 0 Å². The average molecular weight is 394 g/mol. The first-order valence-electron chi connectivity index (χ1n) is 8.07. The Morgan fingerprint density at radius 1 is 1.08 bits per heavy atom. The molecule has 0 N–H and O–H groups in total. The molecule has 1 aliphatic rings. The van der Waals surface area contributed by atoms with Gasteiger partial charge < -0.3 is 19.1 Å². The Morgan fingerprint density at radius 2 is 1.73 bits per heavy atom. The molecule has 1 atom stereocenters. The van der Waals surface area contributed by atoms with Gasteiger partial charge in [0.05, 0.1) is 31.9 Å². The van der Waals surface area contributed by atoms with Gasteiger partial charge in [0.1, 0.15) is 11.1 Å². The number of thioether (sulfide) groups is 1. The Bertz CT molecular complexity index is 814. The number of carbonyl (C=O) groups excluding carboxylic acids is 1. The van der Waals surface area contributed by atoms with Gasteiger partial charge in [0, 0.05) is 23.9 Å². The molecular weight excluding hydrogens is 374 g/mol. The van der Waals surface area contributed by atoms with Crippen LogP contribution in [0.5, 0.6) is 17.2 Å². The maximum absolute atomic E-state index is 13.1. The van der Waals surface area contributed by atoms with Crippen LogP contribution in [0.4, 0.5) is 0 Å². The van der Waals surface area contributed by atoms with Gasteiger partial charge in [-0.2, -0.15) is 0 Å². The topological polar surface area (TPSA) is 48.0 Å². The number of hydrogen-bond acceptors (Lipinski definition) is 5. The lowest BCUT2D eigenvalue weighted by molar-refractivity contribution is 0.0759. The fourth-order valence-corrected chi connectivity index (χ4v) is 4.46. The largest absolute Gasteiger partial charge is 0.496 e. The molecule has 2 aromatic rings. The van der Waals surface area contributed by atoms with Crippen molar-refractivity contribution >= 4 is 29.3 Å². The molecular formula is C19H20ClNO4S. The molecule has 1 aliphatic heterocycles. The first kappa shape index (κ1) is 18.7. The Hall–Kier alpha value is -2.05. The van der Waals surface area contributed by atoms with E-state index in [9.17, 15) is 4.79 Å². The van der Waals surface area contributed by atoms with Crippen LogP contribution in [0.1, 0.15) is 21.3 Å². The van der Waals surface area contributed by atoms with Gasteiger partial charge in [-0.25, -0.2) is 0 Å². The van der Waals surface area contributed by atoms with Crippen molar-refractivity contribution in [1.29, 1.82) is 0 Å². The number of ether oxygens (including phenoxy) is 3. The molecule has 7 heteroatoms. The standard InChI is InChI=1S/C19H20ClNO4S/c1-23-15-11-17(25-3)16(24-2)10-13(15)19-21(8-9-26-19)18(22)12-6-4-5-7-14(12)20/h4-7,10-11,19H,8-9H2,1-3H3. The molecule has 1 heterocycles. The minimum atomic E-state index is -0.187. The van der Waals surface area contributed by atoms with E-state index in [0.717, 1.165) is 11.3 Å². The Morgan fingerprint density at radius 3 is 2.38 bits per heavy atom. The predicted molar refractivity (Wildman–Crippen MR) is 104 cm³/mol. The highest BCUT2D eigenvalue weighted by Crippen LogP contribution is 2.46. The van der Waals surface area contributed by atoms with Crippen LogP contribution in [-0.2, 0) is 0 Å². The summed E-state index contributed by atoms with van der Waals surface area (Å²) in [6, 6.07) is 10.8. The minimum Gasteiger partial charge on any atom is -0.496 e. The third-order valence-electron chi connectivity index (χ3n) is 4.26. The van der Waals surface area contributed by atoms with Crippen LogP contribution in [0.3, 0.4) is 0 Å². The summed E-state index contributed by atoms with van der Waals surface area (Å²) >= 11 is 7.90. The highest BCUT2D eigenvalue weighted by atomic mass is 35.5. The van der Waals surface area contributed by atoms with Gasteiger partial charge in [0.2, 0.25) is 0 Å². The molecule has 2 aromatic carbocycles. The van der Waals surface area contributed by atoms with E-state index in [4.69, 9.17) is 25.8 Å². The number of carbonyl (C=O) groups is 1. The number of halogens is 1. The van der Waals surface area contributed by atoms with Gasteiger partial charge in [-0.3, -0.25) is 4.79 Å². The van der Waals surface area contributed by atoms with Gasteiger partial charge in [0.25, 0.3) is 5.91 Å². The van der Waals surface area contributed by atoms with Crippen molar-refractivity contribution in [2.24, 2.45) is 0 Å². The van der Waals surface area contributed by atoms with Crippen LogP contribution in [0.2, 0.25) is 5.02 Å². The molecule has 0 saturated carbocycles. The summed E-state index contributed by atoms with van der Waals surface area (Å²) in [5, 5.41) is 0.265. The zero-order chi connectivity index (χ0) is 18.7. The second kappa shape index (κ2) is 8.10. The molecule has 5 nitrogen and oxygen atoms in total. The summed E-state index contributed by atoms with van der Waals surface area (Å²) in [5.74, 6) is 2.57. The van der Waals surface area contributed by atoms with Gasteiger partial charge in [-0.05, 0) is 18.2 Å². The van der Waals surface area contributed by atoms with Crippen molar-refractivity contribution in [2.45, 2.75) is 5.37 Å². The van der Waals surface area contributed by atoms with E-state index in [1.54, 1.807) is 51.3 Å². The molecule has 3 rings (SSSR count). The smallest absolute Gasteiger partial charge is 0.256 e. The lowest BCUT2D eigenvalue weighted by Gasteiger charge is -2.26. The second-order valence-corrected chi connectivity index (χ2v) is 7.25. The highest BCUT2D eigenvalue weighted by molar-refractivity contribution is 7.99. The third-order valence-corrected chi connectivity index (χ3v) is 5.83. The van der Waals surface area contributed by atoms with Crippen molar-refractivity contribution in [2.75, 3.05) is 33.6 Å². The van der Waals surface area contributed by atoms with E-state index < -0.39 is 0 Å². The summed E-state index contributed by atoms with van der Waals surface area (Å²) in [7, 11) is 4.77. The van der Waals surface area contributed by atoms with E-state index in [1.807, 2.05) is 23.1 Å². The SMILES string of the molecule is COc1cc(OC)c(C2SCCN2C(=O)c2ccccc2Cl)cc1OC. The maximum Gasteiger partial charge on any atom is 0.256 e. The minimum absolute atomic E-state index is 0.0950. The van der Waals surface area contributed by atoms with Crippen LogP contribution in [0.15, 0.2) is 36.4 Å². The molecule has 0 radical (unpaired) electrons. The zero-order valence-electron chi connectivity index (χ0n) is 14.8. The number of rotatable bonds is 5. The van der Waals surface area contributed by atoms with E-state index in [2.05, 4.69) is 0 Å². The molecule has 0 bridgehead atoms. The number of hydrogen-bond donors (Lipinski definition) is 0. The Kier molecular flexibility index (Phi) is 5.84. The van der Waals surface area contributed by atoms with E-state index in [1.165, 1.54) is 0 Å². The fourth-order valence-electron chi connectivity index (χ4n) is 2.97. The Balaban J connectivity index is 2.00. The first-order chi connectivity index (χ1) is 12.6. The quantitative estimate of drug-likeness (QED) is 0.759. The van der Waals surface area contributed by atoms with E-state index in [0.29, 0.717) is 34.4 Å². The maximum atomic E-state index is 13.1. The average Bonchev–Trinajstić information content (AvgIpc) is 3.16. The summed E-state index contributed by atoms with van der Waals surface area (Å²) in [6.45, 7) is 0.636. The molecule has 0 spiro atoms. The third kappa shape index (κ3) is 3.44. The van der Waals surface area contributed by atoms with Crippen LogP contribution in [-0.4, -0.2) is 44.4 Å². The van der Waals surface area contributed by atoms with E-state index in [-0.39, 0.29) is 11.3 Å². The normalized spacial score (nSPS) is 16.5. The van der Waals surface area contributed by atoms with Crippen LogP contribution < -0.4 is 14.2 Å². The molecule has 1 amide bonds. The number of nitrogens with zero attached hydrogens (tertiary/aromatic N) is 1. The summed E-state index contributed by atoms with van der Waals surface area (Å²) in [5.41, 5.74) is 1.37. The molecule has 1 unspecified atom stereocenters. The van der Waals surface area contributed by atoms with Crippen molar-refractivity contribution in [3.63, 3.8) is 0 Å². The van der Waals surface area contributed by atoms with Gasteiger partial charge in [0.15, 0.2) is 11.5 Å². The molecule has 0 aliphatic carbocycles. The predicted octanol–water partition coefficient (Wildman–Crippen LogP) is 4.25. The lowest BCUT2D eigenvalue weighted by Crippen LogP contribution is -2.30. The van der Waals surface area contributed by atoms with E-state index >= 15 is 0 Å². The second-order valence-electron chi connectivity index (χ2n) is 5.65. The monoisotopic (exact) mass is 393 g/mol. The molecule has 1 saturated heterocycles. The van der Waals surface area contributed by atoms with Crippen LogP contribution >= 0.6 is 23.4 Å². The fraction of sp³-hybridized carbons (Fsp3) is 0.316. The number of methoxy groups -OCH3 is 3. The molecule has 0 aromatic heterocycles. The van der Waals surface area contributed by atoms with Gasteiger partial charge in [-0.15, -0.1) is 11.8 Å². The Labute approximate surface area is 162 Å². The molecule has 138 valence electrons. The van der Waals surface area contributed by atoms with Crippen LogP contribution in [0.25, 0.3) is 0 Å².